The Kier molecular flexibility index (Phi) is 1.68. The lowest BCUT2D eigenvalue weighted by Gasteiger charge is -1.91. The van der Waals surface area contributed by atoms with Crippen LogP contribution >= 0.6 is 0 Å². The summed E-state index contributed by atoms with van der Waals surface area (Å²) in [7, 11) is 0. The van der Waals surface area contributed by atoms with Gasteiger partial charge in [-0.25, -0.2) is 4.98 Å². The van der Waals surface area contributed by atoms with Crippen molar-refractivity contribution in [3.63, 3.8) is 0 Å². The number of fused-ring (bicyclic) bond motifs is 1. The van der Waals surface area contributed by atoms with E-state index in [0.29, 0.717) is 11.2 Å². The van der Waals surface area contributed by atoms with Gasteiger partial charge in [0.2, 0.25) is 0 Å². The van der Waals surface area contributed by atoms with Gasteiger partial charge in [0.1, 0.15) is 17.4 Å². The van der Waals surface area contributed by atoms with Crippen LogP contribution in [0.5, 0.6) is 0 Å². The standard InChI is InChI=1S/C9H6N4O/c10-3-6-1-2-8-12-7(9(11)14)5-13(8)4-6/h1-2,4-5H,(H2,11,14). The molecule has 0 radical (unpaired) electrons. The number of carbonyl (C=O) groups excluding carboxylic acids is 1. The number of nitriles is 1. The number of rotatable bonds is 1. The SMILES string of the molecule is N#Cc1ccc2nc(C(N)=O)cn2c1. The zero-order valence-corrected chi connectivity index (χ0v) is 7.14. The van der Waals surface area contributed by atoms with Crippen molar-refractivity contribution in [1.82, 2.24) is 9.38 Å². The van der Waals surface area contributed by atoms with E-state index in [1.54, 1.807) is 22.7 Å². The highest BCUT2D eigenvalue weighted by molar-refractivity contribution is 5.91. The summed E-state index contributed by atoms with van der Waals surface area (Å²) in [5, 5.41) is 8.64. The molecule has 0 aliphatic rings. The number of nitrogens with zero attached hydrogens (tertiary/aromatic N) is 3. The average Bonchev–Trinajstić information content (AvgIpc) is 2.59. The molecule has 0 aliphatic heterocycles. The topological polar surface area (TPSA) is 84.2 Å². The smallest absolute Gasteiger partial charge is 0.268 e. The van der Waals surface area contributed by atoms with E-state index in [9.17, 15) is 4.79 Å². The van der Waals surface area contributed by atoms with Crippen LogP contribution in [0.2, 0.25) is 0 Å². The maximum Gasteiger partial charge on any atom is 0.268 e. The lowest BCUT2D eigenvalue weighted by molar-refractivity contribution is 0.0996. The molecular formula is C9H6N4O. The first-order valence-corrected chi connectivity index (χ1v) is 3.89. The second-order valence-electron chi connectivity index (χ2n) is 2.79. The third-order valence-electron chi connectivity index (χ3n) is 1.83. The molecule has 1 amide bonds. The Morgan fingerprint density at radius 3 is 2.93 bits per heavy atom. The van der Waals surface area contributed by atoms with Crippen LogP contribution in [-0.2, 0) is 0 Å². The molecule has 2 aromatic heterocycles. The van der Waals surface area contributed by atoms with Crippen molar-refractivity contribution in [2.75, 3.05) is 0 Å². The number of primary amides is 1. The first-order chi connectivity index (χ1) is 6.70. The summed E-state index contributed by atoms with van der Waals surface area (Å²) in [6.07, 6.45) is 3.09. The summed E-state index contributed by atoms with van der Waals surface area (Å²) in [6, 6.07) is 5.28. The highest BCUT2D eigenvalue weighted by atomic mass is 16.1. The van der Waals surface area contributed by atoms with Crippen molar-refractivity contribution in [1.29, 1.82) is 5.26 Å². The molecule has 2 N–H and O–H groups in total. The first kappa shape index (κ1) is 8.26. The zero-order valence-electron chi connectivity index (χ0n) is 7.14. The third kappa shape index (κ3) is 1.19. The molecule has 0 aromatic carbocycles. The zero-order chi connectivity index (χ0) is 10.1. The molecule has 0 spiro atoms. The molecule has 0 bridgehead atoms. The minimum Gasteiger partial charge on any atom is -0.364 e. The molecule has 2 rings (SSSR count). The van der Waals surface area contributed by atoms with Crippen LogP contribution in [-0.4, -0.2) is 15.3 Å². The largest absolute Gasteiger partial charge is 0.364 e. The van der Waals surface area contributed by atoms with Crippen LogP contribution in [0, 0.1) is 11.3 Å². The molecule has 68 valence electrons. The van der Waals surface area contributed by atoms with Gasteiger partial charge in [-0.3, -0.25) is 4.79 Å². The van der Waals surface area contributed by atoms with Gasteiger partial charge in [-0.2, -0.15) is 5.26 Å². The first-order valence-electron chi connectivity index (χ1n) is 3.89. The van der Waals surface area contributed by atoms with E-state index >= 15 is 0 Å². The molecule has 0 saturated carbocycles. The fourth-order valence-corrected chi connectivity index (χ4v) is 1.18. The van der Waals surface area contributed by atoms with Crippen molar-refractivity contribution in [2.45, 2.75) is 0 Å². The van der Waals surface area contributed by atoms with Crippen LogP contribution in [0.1, 0.15) is 16.1 Å². The fraction of sp³-hybridized carbons (Fsp3) is 0. The molecule has 5 heteroatoms. The minimum absolute atomic E-state index is 0.195. The van der Waals surface area contributed by atoms with Crippen molar-refractivity contribution >= 4 is 11.6 Å². The Morgan fingerprint density at radius 1 is 1.50 bits per heavy atom. The van der Waals surface area contributed by atoms with Gasteiger partial charge >= 0.3 is 0 Å². The van der Waals surface area contributed by atoms with Gasteiger partial charge in [0.25, 0.3) is 5.91 Å². The minimum atomic E-state index is -0.577. The van der Waals surface area contributed by atoms with E-state index in [1.165, 1.54) is 6.20 Å². The number of carbonyl (C=O) groups is 1. The maximum absolute atomic E-state index is 10.8. The number of imidazole rings is 1. The molecular weight excluding hydrogens is 180 g/mol. The highest BCUT2D eigenvalue weighted by Crippen LogP contribution is 2.06. The summed E-state index contributed by atoms with van der Waals surface area (Å²) < 4.78 is 1.60. The van der Waals surface area contributed by atoms with Gasteiger partial charge in [-0.15, -0.1) is 0 Å². The van der Waals surface area contributed by atoms with E-state index in [1.807, 2.05) is 6.07 Å². The highest BCUT2D eigenvalue weighted by Gasteiger charge is 2.06. The second-order valence-corrected chi connectivity index (χ2v) is 2.79. The molecule has 0 fully saturated rings. The van der Waals surface area contributed by atoms with Crippen LogP contribution in [0.15, 0.2) is 24.5 Å². The Morgan fingerprint density at radius 2 is 2.29 bits per heavy atom. The lowest BCUT2D eigenvalue weighted by Crippen LogP contribution is -2.10. The summed E-state index contributed by atoms with van der Waals surface area (Å²) in [6.45, 7) is 0. The van der Waals surface area contributed by atoms with E-state index in [4.69, 9.17) is 11.0 Å². The summed E-state index contributed by atoms with van der Waals surface area (Å²) in [5.41, 5.74) is 6.36. The number of hydrogen-bond donors (Lipinski definition) is 1. The van der Waals surface area contributed by atoms with Gasteiger partial charge in [-0.1, -0.05) is 0 Å². The summed E-state index contributed by atoms with van der Waals surface area (Å²) in [5.74, 6) is -0.577. The molecule has 14 heavy (non-hydrogen) atoms. The molecule has 0 unspecified atom stereocenters. The monoisotopic (exact) mass is 186 g/mol. The van der Waals surface area contributed by atoms with Gasteiger partial charge in [0.15, 0.2) is 0 Å². The summed E-state index contributed by atoms with van der Waals surface area (Å²) in [4.78, 5) is 14.8. The molecule has 2 aromatic rings. The van der Waals surface area contributed by atoms with Gasteiger partial charge < -0.3 is 10.1 Å². The van der Waals surface area contributed by atoms with E-state index < -0.39 is 5.91 Å². The van der Waals surface area contributed by atoms with Crippen LogP contribution in [0.25, 0.3) is 5.65 Å². The number of amides is 1. The number of aromatic nitrogens is 2. The van der Waals surface area contributed by atoms with Gasteiger partial charge in [-0.05, 0) is 12.1 Å². The molecule has 5 nitrogen and oxygen atoms in total. The van der Waals surface area contributed by atoms with Crippen molar-refractivity contribution in [3.8, 4) is 6.07 Å². The fourth-order valence-electron chi connectivity index (χ4n) is 1.18. The van der Waals surface area contributed by atoms with E-state index in [2.05, 4.69) is 4.98 Å². The van der Waals surface area contributed by atoms with Crippen molar-refractivity contribution in [2.24, 2.45) is 5.73 Å². The molecule has 0 saturated heterocycles. The van der Waals surface area contributed by atoms with Crippen LogP contribution in [0.3, 0.4) is 0 Å². The van der Waals surface area contributed by atoms with Crippen LogP contribution in [0.4, 0.5) is 0 Å². The second kappa shape index (κ2) is 2.85. The third-order valence-corrected chi connectivity index (χ3v) is 1.83. The predicted molar refractivity (Wildman–Crippen MR) is 48.4 cm³/mol. The van der Waals surface area contributed by atoms with Crippen molar-refractivity contribution in [3.05, 3.63) is 35.8 Å². The number of hydrogen-bond acceptors (Lipinski definition) is 3. The maximum atomic E-state index is 10.8. The predicted octanol–water partition coefficient (Wildman–Crippen LogP) is 0.305. The van der Waals surface area contributed by atoms with Gasteiger partial charge in [0, 0.05) is 12.4 Å². The lowest BCUT2D eigenvalue weighted by atomic mass is 10.3. The molecule has 0 aliphatic carbocycles. The Hall–Kier alpha value is -2.35. The Labute approximate surface area is 79.4 Å². The molecule has 2 heterocycles. The number of pyridine rings is 1. The summed E-state index contributed by atoms with van der Waals surface area (Å²) >= 11 is 0. The number of nitrogens with two attached hydrogens (primary N) is 1. The van der Waals surface area contributed by atoms with Gasteiger partial charge in [0.05, 0.1) is 5.56 Å². The normalized spacial score (nSPS) is 9.93. The average molecular weight is 186 g/mol. The Bertz CT molecular complexity index is 549. The van der Waals surface area contributed by atoms with Crippen molar-refractivity contribution < 1.29 is 4.79 Å². The van der Waals surface area contributed by atoms with E-state index in [0.717, 1.165) is 0 Å². The molecule has 0 atom stereocenters. The Balaban J connectivity index is 2.67. The quantitative estimate of drug-likeness (QED) is 0.695. The van der Waals surface area contributed by atoms with Crippen LogP contribution < -0.4 is 5.73 Å². The van der Waals surface area contributed by atoms with E-state index in [-0.39, 0.29) is 5.69 Å².